The van der Waals surface area contributed by atoms with Crippen LogP contribution in [0.4, 0.5) is 0 Å². The van der Waals surface area contributed by atoms with Gasteiger partial charge in [0.1, 0.15) is 9.84 Å². The zero-order valence-electron chi connectivity index (χ0n) is 10.1. The highest BCUT2D eigenvalue weighted by molar-refractivity contribution is 8.00. The van der Waals surface area contributed by atoms with Gasteiger partial charge in [-0.25, -0.2) is 8.42 Å². The lowest BCUT2D eigenvalue weighted by Crippen LogP contribution is -2.05. The fourth-order valence-corrected chi connectivity index (χ4v) is 3.72. The van der Waals surface area contributed by atoms with Gasteiger partial charge in [-0.3, -0.25) is 0 Å². The van der Waals surface area contributed by atoms with Gasteiger partial charge in [0.2, 0.25) is 0 Å². The third-order valence-electron chi connectivity index (χ3n) is 2.38. The minimum atomic E-state index is -2.92. The summed E-state index contributed by atoms with van der Waals surface area (Å²) in [5.74, 6) is 0.681. The fourth-order valence-electron chi connectivity index (χ4n) is 1.41. The molecule has 3 nitrogen and oxygen atoms in total. The van der Waals surface area contributed by atoms with Crippen LogP contribution in [-0.4, -0.2) is 31.3 Å². The lowest BCUT2D eigenvalue weighted by atomic mass is 10.1. The molecule has 1 aromatic carbocycles. The minimum Gasteiger partial charge on any atom is -0.388 e. The molecule has 0 amide bonds. The number of aliphatic hydroxyl groups is 1. The lowest BCUT2D eigenvalue weighted by molar-refractivity contribution is 0.171. The van der Waals surface area contributed by atoms with Crippen molar-refractivity contribution in [2.75, 3.05) is 17.8 Å². The van der Waals surface area contributed by atoms with Crippen molar-refractivity contribution in [3.8, 4) is 0 Å². The van der Waals surface area contributed by atoms with Crippen LogP contribution in [0.15, 0.2) is 29.2 Å². The van der Waals surface area contributed by atoms with Gasteiger partial charge in [0.15, 0.2) is 0 Å². The van der Waals surface area contributed by atoms with Gasteiger partial charge in [-0.1, -0.05) is 25.1 Å². The molecule has 0 heterocycles. The molecular formula is C12H18O3S2. The van der Waals surface area contributed by atoms with E-state index in [2.05, 4.69) is 0 Å². The number of thioether (sulfide) groups is 1. The number of hydrogen-bond acceptors (Lipinski definition) is 4. The highest BCUT2D eigenvalue weighted by Crippen LogP contribution is 2.28. The van der Waals surface area contributed by atoms with Gasteiger partial charge in [-0.05, 0) is 18.1 Å². The van der Waals surface area contributed by atoms with Crippen LogP contribution in [0.25, 0.3) is 0 Å². The summed E-state index contributed by atoms with van der Waals surface area (Å²) in [6, 6.07) is 7.58. The van der Waals surface area contributed by atoms with E-state index >= 15 is 0 Å². The average molecular weight is 274 g/mol. The molecule has 0 saturated carbocycles. The molecule has 5 heteroatoms. The summed E-state index contributed by atoms with van der Waals surface area (Å²) < 4.78 is 22.1. The number of rotatable bonds is 6. The first kappa shape index (κ1) is 14.5. The summed E-state index contributed by atoms with van der Waals surface area (Å²) in [6.45, 7) is 1.92. The van der Waals surface area contributed by atoms with Crippen LogP contribution in [0.5, 0.6) is 0 Å². The van der Waals surface area contributed by atoms with E-state index in [-0.39, 0.29) is 5.75 Å². The van der Waals surface area contributed by atoms with Gasteiger partial charge < -0.3 is 5.11 Å². The maximum atomic E-state index is 11.0. The highest BCUT2D eigenvalue weighted by Gasteiger charge is 2.11. The standard InChI is InChI=1S/C12H18O3S2/c1-3-11(13)10-6-4-5-7-12(10)16-8-9-17(2,14)15/h4-7,11,13H,3,8-9H2,1-2H3/t11-/m0/s1. The van der Waals surface area contributed by atoms with E-state index in [1.807, 2.05) is 31.2 Å². The van der Waals surface area contributed by atoms with Crippen LogP contribution in [0.3, 0.4) is 0 Å². The second kappa shape index (κ2) is 6.42. The van der Waals surface area contributed by atoms with E-state index in [4.69, 9.17) is 0 Å². The molecule has 0 radical (unpaired) electrons. The molecule has 0 fully saturated rings. The van der Waals surface area contributed by atoms with Gasteiger partial charge in [0.25, 0.3) is 0 Å². The van der Waals surface area contributed by atoms with Crippen molar-refractivity contribution in [2.45, 2.75) is 24.3 Å². The zero-order chi connectivity index (χ0) is 12.9. The molecule has 0 aliphatic heterocycles. The van der Waals surface area contributed by atoms with E-state index in [0.717, 1.165) is 10.5 Å². The van der Waals surface area contributed by atoms with Crippen molar-refractivity contribution in [3.63, 3.8) is 0 Å². The zero-order valence-corrected chi connectivity index (χ0v) is 11.7. The topological polar surface area (TPSA) is 54.4 Å². The molecule has 0 bridgehead atoms. The summed E-state index contributed by atoms with van der Waals surface area (Å²) in [5.41, 5.74) is 0.883. The lowest BCUT2D eigenvalue weighted by Gasteiger charge is -2.13. The Labute approximate surface area is 107 Å². The molecule has 0 spiro atoms. The largest absolute Gasteiger partial charge is 0.388 e. The molecule has 96 valence electrons. The first-order valence-electron chi connectivity index (χ1n) is 5.51. The predicted molar refractivity (Wildman–Crippen MR) is 72.1 cm³/mol. The Kier molecular flexibility index (Phi) is 5.49. The van der Waals surface area contributed by atoms with Gasteiger partial charge >= 0.3 is 0 Å². The van der Waals surface area contributed by atoms with Gasteiger partial charge in [0, 0.05) is 16.9 Å². The Morgan fingerprint density at radius 3 is 2.59 bits per heavy atom. The van der Waals surface area contributed by atoms with Crippen LogP contribution >= 0.6 is 11.8 Å². The summed E-state index contributed by atoms with van der Waals surface area (Å²) in [6.07, 6.45) is 1.42. The quantitative estimate of drug-likeness (QED) is 0.809. The molecule has 17 heavy (non-hydrogen) atoms. The van der Waals surface area contributed by atoms with Crippen molar-refractivity contribution >= 4 is 21.6 Å². The van der Waals surface area contributed by atoms with Crippen LogP contribution in [-0.2, 0) is 9.84 Å². The van der Waals surface area contributed by atoms with E-state index in [1.54, 1.807) is 0 Å². The van der Waals surface area contributed by atoms with Crippen molar-refractivity contribution in [1.82, 2.24) is 0 Å². The second-order valence-corrected chi connectivity index (χ2v) is 7.34. The highest BCUT2D eigenvalue weighted by atomic mass is 32.2. The van der Waals surface area contributed by atoms with Crippen molar-refractivity contribution in [1.29, 1.82) is 0 Å². The number of sulfone groups is 1. The second-order valence-electron chi connectivity index (χ2n) is 3.94. The molecular weight excluding hydrogens is 256 g/mol. The minimum absolute atomic E-state index is 0.161. The Morgan fingerprint density at radius 1 is 1.35 bits per heavy atom. The van der Waals surface area contributed by atoms with Gasteiger partial charge in [-0.15, -0.1) is 11.8 Å². The van der Waals surface area contributed by atoms with E-state index < -0.39 is 15.9 Å². The molecule has 0 unspecified atom stereocenters. The monoisotopic (exact) mass is 274 g/mol. The third kappa shape index (κ3) is 5.10. The molecule has 0 aromatic heterocycles. The Balaban J connectivity index is 2.70. The van der Waals surface area contributed by atoms with Crippen molar-refractivity contribution in [3.05, 3.63) is 29.8 Å². The maximum Gasteiger partial charge on any atom is 0.148 e. The van der Waals surface area contributed by atoms with Crippen molar-refractivity contribution < 1.29 is 13.5 Å². The van der Waals surface area contributed by atoms with Crippen LogP contribution < -0.4 is 0 Å². The molecule has 1 N–H and O–H groups in total. The van der Waals surface area contributed by atoms with Crippen LogP contribution in [0.1, 0.15) is 25.0 Å². The molecule has 1 rings (SSSR count). The number of benzene rings is 1. The average Bonchev–Trinajstić information content (AvgIpc) is 2.27. The summed E-state index contributed by atoms with van der Waals surface area (Å²) >= 11 is 1.48. The number of aliphatic hydroxyl groups excluding tert-OH is 1. The summed E-state index contributed by atoms with van der Waals surface area (Å²) in [5, 5.41) is 9.84. The third-order valence-corrected chi connectivity index (χ3v) is 4.67. The van der Waals surface area contributed by atoms with Crippen molar-refractivity contribution in [2.24, 2.45) is 0 Å². The van der Waals surface area contributed by atoms with E-state index in [9.17, 15) is 13.5 Å². The SMILES string of the molecule is CC[C@H](O)c1ccccc1SCCS(C)(=O)=O. The Bertz CT molecular complexity index is 455. The maximum absolute atomic E-state index is 11.0. The Hall–Kier alpha value is -0.520. The Morgan fingerprint density at radius 2 is 2.00 bits per heavy atom. The van der Waals surface area contributed by atoms with Crippen LogP contribution in [0.2, 0.25) is 0 Å². The van der Waals surface area contributed by atoms with Crippen LogP contribution in [0, 0.1) is 0 Å². The molecule has 0 saturated heterocycles. The molecule has 1 atom stereocenters. The van der Waals surface area contributed by atoms with Gasteiger partial charge in [-0.2, -0.15) is 0 Å². The predicted octanol–water partition coefficient (Wildman–Crippen LogP) is 2.27. The first-order chi connectivity index (χ1) is 7.94. The summed E-state index contributed by atoms with van der Waals surface area (Å²) in [4.78, 5) is 0.963. The molecule has 0 aliphatic carbocycles. The number of hydrogen-bond donors (Lipinski definition) is 1. The van der Waals surface area contributed by atoms with E-state index in [1.165, 1.54) is 18.0 Å². The molecule has 0 aliphatic rings. The molecule has 1 aromatic rings. The summed E-state index contributed by atoms with van der Waals surface area (Å²) in [7, 11) is -2.92. The fraction of sp³-hybridized carbons (Fsp3) is 0.500. The smallest absolute Gasteiger partial charge is 0.148 e. The van der Waals surface area contributed by atoms with E-state index in [0.29, 0.717) is 12.2 Å². The van der Waals surface area contributed by atoms with Gasteiger partial charge in [0.05, 0.1) is 11.9 Å². The first-order valence-corrected chi connectivity index (χ1v) is 8.56. The normalized spacial score (nSPS) is 13.6.